The summed E-state index contributed by atoms with van der Waals surface area (Å²) >= 11 is 0. The second-order valence-electron chi connectivity index (χ2n) is 4.91. The van der Waals surface area contributed by atoms with Crippen LogP contribution in [0.5, 0.6) is 5.75 Å². The molecule has 108 valence electrons. The van der Waals surface area contributed by atoms with Crippen LogP contribution in [0.4, 0.5) is 10.5 Å². The highest BCUT2D eigenvalue weighted by Gasteiger charge is 2.14. The second kappa shape index (κ2) is 6.83. The predicted octanol–water partition coefficient (Wildman–Crippen LogP) is 2.54. The number of nitrogens with one attached hydrogen (secondary N) is 1. The fourth-order valence-electron chi connectivity index (χ4n) is 1.19. The van der Waals surface area contributed by atoms with Crippen molar-refractivity contribution < 1.29 is 14.3 Å². The third-order valence-corrected chi connectivity index (χ3v) is 2.48. The summed E-state index contributed by atoms with van der Waals surface area (Å²) in [5, 5.41) is 2.73. The van der Waals surface area contributed by atoms with Crippen molar-refractivity contribution in [3.8, 4) is 18.1 Å². The maximum atomic E-state index is 11.5. The molecule has 0 atom stereocenters. The molecule has 0 radical (unpaired) electrons. The van der Waals surface area contributed by atoms with E-state index in [0.29, 0.717) is 11.4 Å². The fraction of sp³-hybridized carbons (Fsp3) is 0.400. The molecule has 5 nitrogen and oxygen atoms in total. The maximum absolute atomic E-state index is 11.5. The van der Waals surface area contributed by atoms with Crippen molar-refractivity contribution in [1.29, 1.82) is 0 Å². The summed E-state index contributed by atoms with van der Waals surface area (Å²) in [6.45, 7) is 3.61. The van der Waals surface area contributed by atoms with E-state index >= 15 is 0 Å². The smallest absolute Gasteiger partial charge is 0.321 e. The van der Waals surface area contributed by atoms with Crippen molar-refractivity contribution in [2.24, 2.45) is 0 Å². The molecule has 1 aromatic rings. The Labute approximate surface area is 119 Å². The normalized spacial score (nSPS) is 10.6. The number of hydrogen-bond acceptors (Lipinski definition) is 3. The molecule has 0 aliphatic heterocycles. The third-order valence-electron chi connectivity index (χ3n) is 2.48. The summed E-state index contributed by atoms with van der Waals surface area (Å²) in [6, 6.07) is 6.85. The van der Waals surface area contributed by atoms with Gasteiger partial charge < -0.3 is 19.7 Å². The number of terminal acetylenes is 1. The molecule has 0 heterocycles. The van der Waals surface area contributed by atoms with Gasteiger partial charge in [-0.3, -0.25) is 0 Å². The van der Waals surface area contributed by atoms with E-state index in [9.17, 15) is 4.79 Å². The minimum Gasteiger partial charge on any atom is -0.467 e. The molecule has 0 bridgehead atoms. The van der Waals surface area contributed by atoms with Crippen molar-refractivity contribution in [2.75, 3.05) is 26.2 Å². The highest BCUT2D eigenvalue weighted by atomic mass is 16.7. The van der Waals surface area contributed by atoms with Gasteiger partial charge in [-0.25, -0.2) is 4.79 Å². The first-order valence-electron chi connectivity index (χ1n) is 6.17. The van der Waals surface area contributed by atoms with Crippen molar-refractivity contribution in [2.45, 2.75) is 19.4 Å². The number of rotatable bonds is 5. The standard InChI is InChI=1S/C15H20N2O3/c1-6-15(2,3)20-11-19-13-9-7-8-12(10-13)16-14(18)17(4)5/h1,7-10H,11H2,2-5H3,(H,16,18). The lowest BCUT2D eigenvalue weighted by molar-refractivity contribution is -0.0550. The lowest BCUT2D eigenvalue weighted by Crippen LogP contribution is -2.27. The Balaban J connectivity index is 2.56. The van der Waals surface area contributed by atoms with Gasteiger partial charge in [0.2, 0.25) is 0 Å². The van der Waals surface area contributed by atoms with Crippen LogP contribution in [-0.2, 0) is 4.74 Å². The number of benzene rings is 1. The van der Waals surface area contributed by atoms with E-state index in [-0.39, 0.29) is 12.8 Å². The van der Waals surface area contributed by atoms with Crippen LogP contribution in [0.25, 0.3) is 0 Å². The summed E-state index contributed by atoms with van der Waals surface area (Å²) in [5.74, 6) is 3.10. The molecule has 0 aliphatic carbocycles. The highest BCUT2D eigenvalue weighted by Crippen LogP contribution is 2.18. The van der Waals surface area contributed by atoms with Gasteiger partial charge in [0.1, 0.15) is 11.4 Å². The Morgan fingerprint density at radius 2 is 2.15 bits per heavy atom. The molecular weight excluding hydrogens is 256 g/mol. The zero-order valence-electron chi connectivity index (χ0n) is 12.3. The maximum Gasteiger partial charge on any atom is 0.321 e. The van der Waals surface area contributed by atoms with Crippen molar-refractivity contribution in [3.63, 3.8) is 0 Å². The first kappa shape index (κ1) is 15.9. The van der Waals surface area contributed by atoms with E-state index in [0.717, 1.165) is 0 Å². The molecular formula is C15H20N2O3. The van der Waals surface area contributed by atoms with Crippen molar-refractivity contribution in [1.82, 2.24) is 4.90 Å². The van der Waals surface area contributed by atoms with Gasteiger partial charge in [0.15, 0.2) is 6.79 Å². The molecule has 1 rings (SSSR count). The summed E-state index contributed by atoms with van der Waals surface area (Å²) in [7, 11) is 3.34. The Hall–Kier alpha value is -2.19. The average molecular weight is 276 g/mol. The minimum absolute atomic E-state index is 0.0439. The van der Waals surface area contributed by atoms with Crippen LogP contribution in [0.15, 0.2) is 24.3 Å². The second-order valence-corrected chi connectivity index (χ2v) is 4.91. The van der Waals surface area contributed by atoms with Gasteiger partial charge >= 0.3 is 6.03 Å². The molecule has 0 saturated heterocycles. The Kier molecular flexibility index (Phi) is 5.42. The van der Waals surface area contributed by atoms with Crippen LogP contribution >= 0.6 is 0 Å². The van der Waals surface area contributed by atoms with Crippen LogP contribution in [0, 0.1) is 12.3 Å². The monoisotopic (exact) mass is 276 g/mol. The number of anilines is 1. The number of hydrogen-bond donors (Lipinski definition) is 1. The number of urea groups is 1. The third kappa shape index (κ3) is 5.21. The molecule has 1 N–H and O–H groups in total. The predicted molar refractivity (Wildman–Crippen MR) is 78.6 cm³/mol. The van der Waals surface area contributed by atoms with Gasteiger partial charge in [0.25, 0.3) is 0 Å². The zero-order valence-corrected chi connectivity index (χ0v) is 12.3. The molecule has 0 unspecified atom stereocenters. The molecule has 1 aromatic carbocycles. The summed E-state index contributed by atoms with van der Waals surface area (Å²) in [6.07, 6.45) is 5.31. The SMILES string of the molecule is C#CC(C)(C)OCOc1cccc(NC(=O)N(C)C)c1. The average Bonchev–Trinajstić information content (AvgIpc) is 2.39. The van der Waals surface area contributed by atoms with Crippen LogP contribution in [-0.4, -0.2) is 37.4 Å². The minimum atomic E-state index is -0.670. The van der Waals surface area contributed by atoms with Gasteiger partial charge in [-0.2, -0.15) is 0 Å². The zero-order chi connectivity index (χ0) is 15.2. The Morgan fingerprint density at radius 1 is 1.45 bits per heavy atom. The van der Waals surface area contributed by atoms with Crippen LogP contribution in [0.3, 0.4) is 0 Å². The van der Waals surface area contributed by atoms with E-state index in [1.165, 1.54) is 4.90 Å². The van der Waals surface area contributed by atoms with E-state index in [2.05, 4.69) is 11.2 Å². The molecule has 0 saturated carbocycles. The number of carbonyl (C=O) groups excluding carboxylic acids is 1. The van der Waals surface area contributed by atoms with E-state index in [4.69, 9.17) is 15.9 Å². The lowest BCUT2D eigenvalue weighted by atomic mass is 10.2. The first-order chi connectivity index (χ1) is 9.34. The van der Waals surface area contributed by atoms with E-state index < -0.39 is 5.60 Å². The summed E-state index contributed by atoms with van der Waals surface area (Å²) < 4.78 is 10.8. The fourth-order valence-corrected chi connectivity index (χ4v) is 1.19. The van der Waals surface area contributed by atoms with Crippen LogP contribution in [0.1, 0.15) is 13.8 Å². The van der Waals surface area contributed by atoms with Crippen molar-refractivity contribution in [3.05, 3.63) is 24.3 Å². The van der Waals surface area contributed by atoms with Crippen molar-refractivity contribution >= 4 is 11.7 Å². The van der Waals surface area contributed by atoms with Gasteiger partial charge in [0, 0.05) is 25.8 Å². The first-order valence-corrected chi connectivity index (χ1v) is 6.17. The van der Waals surface area contributed by atoms with E-state index in [1.54, 1.807) is 52.2 Å². The molecule has 0 fully saturated rings. The molecule has 5 heteroatoms. The topological polar surface area (TPSA) is 50.8 Å². The summed E-state index contributed by atoms with van der Waals surface area (Å²) in [5.41, 5.74) is -0.0195. The lowest BCUT2D eigenvalue weighted by Gasteiger charge is -2.19. The van der Waals surface area contributed by atoms with Crippen LogP contribution in [0.2, 0.25) is 0 Å². The number of carbonyl (C=O) groups is 1. The molecule has 2 amide bonds. The quantitative estimate of drug-likeness (QED) is 0.664. The molecule has 0 spiro atoms. The Bertz CT molecular complexity index is 504. The number of nitrogens with zero attached hydrogens (tertiary/aromatic N) is 1. The number of amides is 2. The molecule has 20 heavy (non-hydrogen) atoms. The van der Waals surface area contributed by atoms with Gasteiger partial charge in [-0.15, -0.1) is 6.42 Å². The largest absolute Gasteiger partial charge is 0.467 e. The van der Waals surface area contributed by atoms with Gasteiger partial charge in [-0.05, 0) is 26.0 Å². The van der Waals surface area contributed by atoms with E-state index in [1.807, 2.05) is 0 Å². The van der Waals surface area contributed by atoms with Gasteiger partial charge in [0.05, 0.1) is 0 Å². The summed E-state index contributed by atoms with van der Waals surface area (Å²) in [4.78, 5) is 13.0. The number of ether oxygens (including phenoxy) is 2. The Morgan fingerprint density at radius 3 is 2.75 bits per heavy atom. The molecule has 0 aliphatic rings. The molecule has 0 aromatic heterocycles. The van der Waals surface area contributed by atoms with Gasteiger partial charge in [-0.1, -0.05) is 12.0 Å². The highest BCUT2D eigenvalue weighted by molar-refractivity contribution is 5.89. The van der Waals surface area contributed by atoms with Crippen LogP contribution < -0.4 is 10.1 Å².